The van der Waals surface area contributed by atoms with E-state index in [1.54, 1.807) is 0 Å². The molecule has 1 aromatic carbocycles. The number of nitrogens with zero attached hydrogens (tertiary/aromatic N) is 2. The smallest absolute Gasteiger partial charge is 0.223 e. The van der Waals surface area contributed by atoms with Gasteiger partial charge in [0.05, 0.1) is 5.69 Å². The Labute approximate surface area is 153 Å². The van der Waals surface area contributed by atoms with Gasteiger partial charge in [-0.1, -0.05) is 24.3 Å². The van der Waals surface area contributed by atoms with Crippen LogP contribution < -0.4 is 11.1 Å². The molecule has 2 unspecified atom stereocenters. The van der Waals surface area contributed by atoms with Crippen molar-refractivity contribution in [2.75, 3.05) is 18.4 Å². The van der Waals surface area contributed by atoms with Gasteiger partial charge in [-0.05, 0) is 37.3 Å². The van der Waals surface area contributed by atoms with E-state index in [9.17, 15) is 4.79 Å². The first kappa shape index (κ1) is 18.0. The summed E-state index contributed by atoms with van der Waals surface area (Å²) in [5.41, 5.74) is 9.70. The summed E-state index contributed by atoms with van der Waals surface area (Å²) in [4.78, 5) is 17.9. The normalized spacial score (nSPS) is 19.1. The van der Waals surface area contributed by atoms with Gasteiger partial charge in [-0.15, -0.1) is 11.3 Å². The first-order chi connectivity index (χ1) is 12.0. The number of carbonyl (C=O) groups is 1. The Morgan fingerprint density at radius 3 is 2.80 bits per heavy atom. The lowest BCUT2D eigenvalue weighted by molar-refractivity contribution is -0.114. The van der Waals surface area contributed by atoms with Crippen LogP contribution in [-0.2, 0) is 17.6 Å². The van der Waals surface area contributed by atoms with Crippen LogP contribution in [0.3, 0.4) is 0 Å². The predicted molar refractivity (Wildman–Crippen MR) is 103 cm³/mol. The highest BCUT2D eigenvalue weighted by Gasteiger charge is 2.24. The molecule has 3 N–H and O–H groups in total. The molecule has 0 aliphatic carbocycles. The molecule has 3 rings (SSSR count). The van der Waals surface area contributed by atoms with E-state index in [0.717, 1.165) is 38.0 Å². The lowest BCUT2D eigenvalue weighted by Gasteiger charge is -2.24. The monoisotopic (exact) mass is 358 g/mol. The van der Waals surface area contributed by atoms with E-state index in [1.807, 2.05) is 5.38 Å². The Morgan fingerprint density at radius 1 is 1.40 bits per heavy atom. The number of likely N-dealkylation sites (tertiary alicyclic amines) is 1. The summed E-state index contributed by atoms with van der Waals surface area (Å²) in [6, 6.07) is 9.62. The quantitative estimate of drug-likeness (QED) is 0.833. The summed E-state index contributed by atoms with van der Waals surface area (Å²) in [5.74, 6) is -0.0791. The van der Waals surface area contributed by atoms with Crippen molar-refractivity contribution in [2.24, 2.45) is 5.73 Å². The largest absolute Gasteiger partial charge is 0.326 e. The molecule has 1 amide bonds. The van der Waals surface area contributed by atoms with Crippen molar-refractivity contribution < 1.29 is 4.79 Å². The van der Waals surface area contributed by atoms with Crippen molar-refractivity contribution in [2.45, 2.75) is 45.2 Å². The molecule has 1 aliphatic rings. The van der Waals surface area contributed by atoms with E-state index in [1.165, 1.54) is 29.4 Å². The first-order valence-corrected chi connectivity index (χ1v) is 9.69. The summed E-state index contributed by atoms with van der Waals surface area (Å²) >= 11 is 1.47. The Balaban J connectivity index is 1.54. The predicted octanol–water partition coefficient (Wildman–Crippen LogP) is 2.98. The SMILES string of the molecule is CC(=O)Nc1nc(CCc2ccc(C(C)N3CCC(N)C3)cc2)cs1. The van der Waals surface area contributed by atoms with Crippen LogP contribution in [0.2, 0.25) is 0 Å². The molecule has 0 bridgehead atoms. The van der Waals surface area contributed by atoms with E-state index < -0.39 is 0 Å². The fraction of sp³-hybridized carbons (Fsp3) is 0.474. The van der Waals surface area contributed by atoms with E-state index in [-0.39, 0.29) is 5.91 Å². The van der Waals surface area contributed by atoms with Gasteiger partial charge < -0.3 is 11.1 Å². The zero-order valence-corrected chi connectivity index (χ0v) is 15.7. The zero-order valence-electron chi connectivity index (χ0n) is 14.9. The minimum Gasteiger partial charge on any atom is -0.326 e. The molecule has 0 radical (unpaired) electrons. The molecule has 0 spiro atoms. The molecule has 134 valence electrons. The van der Waals surface area contributed by atoms with Gasteiger partial charge in [0.1, 0.15) is 0 Å². The number of hydrogen-bond donors (Lipinski definition) is 2. The maximum atomic E-state index is 11.0. The number of carbonyl (C=O) groups excluding carboxylic acids is 1. The second kappa shape index (κ2) is 8.08. The molecule has 2 heterocycles. The van der Waals surface area contributed by atoms with Gasteiger partial charge in [-0.25, -0.2) is 4.98 Å². The average molecular weight is 359 g/mol. The summed E-state index contributed by atoms with van der Waals surface area (Å²) in [7, 11) is 0. The number of anilines is 1. The number of nitrogens with one attached hydrogen (secondary N) is 1. The highest BCUT2D eigenvalue weighted by molar-refractivity contribution is 7.13. The maximum Gasteiger partial charge on any atom is 0.223 e. The van der Waals surface area contributed by atoms with Crippen LogP contribution in [0.25, 0.3) is 0 Å². The minimum atomic E-state index is -0.0791. The van der Waals surface area contributed by atoms with Crippen molar-refractivity contribution >= 4 is 22.4 Å². The number of hydrogen-bond acceptors (Lipinski definition) is 5. The number of amides is 1. The van der Waals surface area contributed by atoms with Gasteiger partial charge in [0.15, 0.2) is 5.13 Å². The third kappa shape index (κ3) is 4.87. The molecule has 0 saturated carbocycles. The molecular formula is C19H26N4OS. The van der Waals surface area contributed by atoms with Crippen LogP contribution in [-0.4, -0.2) is 34.9 Å². The Morgan fingerprint density at radius 2 is 2.16 bits per heavy atom. The van der Waals surface area contributed by atoms with Crippen molar-refractivity contribution in [3.63, 3.8) is 0 Å². The van der Waals surface area contributed by atoms with Crippen molar-refractivity contribution in [3.05, 3.63) is 46.5 Å². The Kier molecular flexibility index (Phi) is 5.83. The van der Waals surface area contributed by atoms with Crippen LogP contribution in [0.4, 0.5) is 5.13 Å². The first-order valence-electron chi connectivity index (χ1n) is 8.81. The molecular weight excluding hydrogens is 332 g/mol. The molecule has 1 aliphatic heterocycles. The molecule has 6 heteroatoms. The third-order valence-corrected chi connectivity index (χ3v) is 5.58. The fourth-order valence-electron chi connectivity index (χ4n) is 3.24. The van der Waals surface area contributed by atoms with Crippen LogP contribution in [0, 0.1) is 0 Å². The Bertz CT molecular complexity index is 712. The van der Waals surface area contributed by atoms with Gasteiger partial charge in [-0.3, -0.25) is 9.69 Å². The molecule has 1 aromatic heterocycles. The van der Waals surface area contributed by atoms with Crippen molar-refractivity contribution in [1.29, 1.82) is 0 Å². The number of aromatic nitrogens is 1. The van der Waals surface area contributed by atoms with E-state index in [0.29, 0.717) is 17.2 Å². The molecule has 1 saturated heterocycles. The van der Waals surface area contributed by atoms with Gasteiger partial charge >= 0.3 is 0 Å². The van der Waals surface area contributed by atoms with Crippen LogP contribution in [0.1, 0.15) is 43.1 Å². The molecule has 1 fully saturated rings. The highest BCUT2D eigenvalue weighted by Crippen LogP contribution is 2.25. The summed E-state index contributed by atoms with van der Waals surface area (Å²) in [5, 5.41) is 5.42. The second-order valence-corrected chi connectivity index (χ2v) is 7.64. The standard InChI is InChI=1S/C19H26N4OS/c1-13(23-10-9-17(20)11-23)16-6-3-15(4-7-16)5-8-18-12-25-19(22-18)21-14(2)24/h3-4,6-7,12-13,17H,5,8-11,20H2,1-2H3,(H,21,22,24). The molecule has 5 nitrogen and oxygen atoms in total. The third-order valence-electron chi connectivity index (χ3n) is 4.77. The maximum absolute atomic E-state index is 11.0. The van der Waals surface area contributed by atoms with Crippen LogP contribution in [0.15, 0.2) is 29.6 Å². The number of rotatable bonds is 6. The average Bonchev–Trinajstić information content (AvgIpc) is 3.21. The second-order valence-electron chi connectivity index (χ2n) is 6.79. The lowest BCUT2D eigenvalue weighted by Crippen LogP contribution is -2.28. The van der Waals surface area contributed by atoms with Crippen molar-refractivity contribution in [3.8, 4) is 0 Å². The zero-order chi connectivity index (χ0) is 17.8. The number of nitrogens with two attached hydrogens (primary N) is 1. The fourth-order valence-corrected chi connectivity index (χ4v) is 4.03. The topological polar surface area (TPSA) is 71.2 Å². The highest BCUT2D eigenvalue weighted by atomic mass is 32.1. The van der Waals surface area contributed by atoms with E-state index in [4.69, 9.17) is 5.73 Å². The van der Waals surface area contributed by atoms with Gasteiger partial charge in [0, 0.05) is 37.5 Å². The number of thiazole rings is 1. The molecule has 2 atom stereocenters. The van der Waals surface area contributed by atoms with Crippen LogP contribution in [0.5, 0.6) is 0 Å². The summed E-state index contributed by atoms with van der Waals surface area (Å²) in [6.07, 6.45) is 2.93. The number of benzene rings is 1. The minimum absolute atomic E-state index is 0.0791. The van der Waals surface area contributed by atoms with Crippen molar-refractivity contribution in [1.82, 2.24) is 9.88 Å². The van der Waals surface area contributed by atoms with Gasteiger partial charge in [-0.2, -0.15) is 0 Å². The van der Waals surface area contributed by atoms with Crippen LogP contribution >= 0.6 is 11.3 Å². The Hall–Kier alpha value is -1.76. The summed E-state index contributed by atoms with van der Waals surface area (Å²) in [6.45, 7) is 5.83. The van der Waals surface area contributed by atoms with Gasteiger partial charge in [0.2, 0.25) is 5.91 Å². The molecule has 25 heavy (non-hydrogen) atoms. The van der Waals surface area contributed by atoms with E-state index >= 15 is 0 Å². The summed E-state index contributed by atoms with van der Waals surface area (Å²) < 4.78 is 0. The lowest BCUT2D eigenvalue weighted by atomic mass is 10.0. The van der Waals surface area contributed by atoms with Gasteiger partial charge in [0.25, 0.3) is 0 Å². The van der Waals surface area contributed by atoms with E-state index in [2.05, 4.69) is 46.4 Å². The molecule has 2 aromatic rings. The number of aryl methyl sites for hydroxylation is 2.